The largest absolute Gasteiger partial charge is 0.453 e. The third kappa shape index (κ3) is 3.64. The molecule has 2 aromatic heterocycles. The number of hydrogen-bond acceptors (Lipinski definition) is 5. The quantitative estimate of drug-likeness (QED) is 0.768. The van der Waals surface area contributed by atoms with Crippen LogP contribution in [0.5, 0.6) is 0 Å². The number of carbonyl (C=O) groups is 1. The minimum Gasteiger partial charge on any atom is -0.453 e. The lowest BCUT2D eigenvalue weighted by Gasteiger charge is -1.99. The number of carbonyl (C=O) groups excluding carboxylic acids is 1. The van der Waals surface area contributed by atoms with E-state index in [2.05, 4.69) is 10.3 Å². The molecule has 0 aliphatic rings. The molecule has 0 saturated heterocycles. The molecule has 0 aliphatic heterocycles. The average molecular weight is 332 g/mol. The molecule has 3 aromatic rings. The maximum absolute atomic E-state index is 12.9. The zero-order valence-electron chi connectivity index (χ0n) is 12.2. The Balaban J connectivity index is 1.70. The fraction of sp³-hybridized carbons (Fsp3) is 0.125. The number of thiazole rings is 1. The normalized spacial score (nSPS) is 10.7. The Hall–Kier alpha value is -2.51. The summed E-state index contributed by atoms with van der Waals surface area (Å²) < 4.78 is 23.2. The van der Waals surface area contributed by atoms with Gasteiger partial charge >= 0.3 is 0 Å². The lowest BCUT2D eigenvalue weighted by Crippen LogP contribution is -2.10. The lowest BCUT2D eigenvalue weighted by atomic mass is 10.2. The maximum Gasteiger partial charge on any atom is 0.293 e. The zero-order chi connectivity index (χ0) is 16.2. The molecule has 5 nitrogen and oxygen atoms in total. The molecule has 0 fully saturated rings. The van der Waals surface area contributed by atoms with Crippen molar-refractivity contribution in [1.29, 1.82) is 0 Å². The van der Waals surface area contributed by atoms with Gasteiger partial charge in [0.25, 0.3) is 5.91 Å². The van der Waals surface area contributed by atoms with Crippen molar-refractivity contribution in [2.45, 2.75) is 6.61 Å². The molecule has 0 spiro atoms. The number of nitrogens with one attached hydrogen (secondary N) is 1. The van der Waals surface area contributed by atoms with E-state index in [0.717, 1.165) is 5.56 Å². The van der Waals surface area contributed by atoms with E-state index >= 15 is 0 Å². The Morgan fingerprint density at radius 2 is 2.09 bits per heavy atom. The van der Waals surface area contributed by atoms with Crippen molar-refractivity contribution in [3.8, 4) is 11.3 Å². The van der Waals surface area contributed by atoms with Gasteiger partial charge in [0, 0.05) is 18.1 Å². The number of amides is 1. The summed E-state index contributed by atoms with van der Waals surface area (Å²) in [4.78, 5) is 16.4. The van der Waals surface area contributed by atoms with Crippen LogP contribution >= 0.6 is 11.3 Å². The van der Waals surface area contributed by atoms with E-state index in [4.69, 9.17) is 9.15 Å². The van der Waals surface area contributed by atoms with Gasteiger partial charge in [-0.2, -0.15) is 0 Å². The van der Waals surface area contributed by atoms with E-state index in [1.807, 2.05) is 0 Å². The first-order valence-corrected chi connectivity index (χ1v) is 7.64. The highest BCUT2D eigenvalue weighted by Gasteiger charge is 2.14. The van der Waals surface area contributed by atoms with E-state index in [0.29, 0.717) is 23.2 Å². The first kappa shape index (κ1) is 15.4. The predicted molar refractivity (Wildman–Crippen MR) is 84.9 cm³/mol. The first-order valence-electron chi connectivity index (χ1n) is 6.76. The van der Waals surface area contributed by atoms with Crippen molar-refractivity contribution < 1.29 is 18.3 Å². The van der Waals surface area contributed by atoms with Gasteiger partial charge in [0.05, 0.1) is 5.69 Å². The summed E-state index contributed by atoms with van der Waals surface area (Å²) in [6, 6.07) is 9.28. The highest BCUT2D eigenvalue weighted by molar-refractivity contribution is 7.14. The van der Waals surface area contributed by atoms with Gasteiger partial charge in [-0.15, -0.1) is 11.3 Å². The molecule has 2 heterocycles. The van der Waals surface area contributed by atoms with Crippen LogP contribution in [0.1, 0.15) is 16.3 Å². The molecule has 7 heteroatoms. The van der Waals surface area contributed by atoms with E-state index in [-0.39, 0.29) is 17.5 Å². The summed E-state index contributed by atoms with van der Waals surface area (Å²) in [7, 11) is 1.55. The number of methoxy groups -OCH3 is 1. The maximum atomic E-state index is 12.9. The topological polar surface area (TPSA) is 64.4 Å². The Kier molecular flexibility index (Phi) is 4.50. The van der Waals surface area contributed by atoms with Crippen LogP contribution in [0.2, 0.25) is 0 Å². The monoisotopic (exact) mass is 332 g/mol. The number of furan rings is 1. The second-order valence-electron chi connectivity index (χ2n) is 4.70. The van der Waals surface area contributed by atoms with E-state index in [1.165, 1.54) is 23.5 Å². The molecule has 118 valence electrons. The van der Waals surface area contributed by atoms with Crippen molar-refractivity contribution in [1.82, 2.24) is 4.98 Å². The minimum absolute atomic E-state index is 0.190. The van der Waals surface area contributed by atoms with Crippen LogP contribution < -0.4 is 5.32 Å². The van der Waals surface area contributed by atoms with E-state index in [1.54, 1.807) is 36.8 Å². The molecule has 0 atom stereocenters. The molecular formula is C16H13FN2O3S. The number of anilines is 1. The van der Waals surface area contributed by atoms with Crippen LogP contribution in [0.4, 0.5) is 9.52 Å². The number of ether oxygens (including phenoxy) is 1. The SMILES string of the molecule is COCc1ccc(C(=O)Nc2nc(-c3ccc(F)cc3)cs2)o1. The summed E-state index contributed by atoms with van der Waals surface area (Å²) >= 11 is 1.29. The Morgan fingerprint density at radius 1 is 1.30 bits per heavy atom. The molecule has 1 aromatic carbocycles. The minimum atomic E-state index is -0.382. The fourth-order valence-electron chi connectivity index (χ4n) is 1.96. The van der Waals surface area contributed by atoms with Gasteiger partial charge in [0.2, 0.25) is 0 Å². The molecule has 3 rings (SSSR count). The smallest absolute Gasteiger partial charge is 0.293 e. The van der Waals surface area contributed by atoms with Crippen LogP contribution in [0, 0.1) is 5.82 Å². The lowest BCUT2D eigenvalue weighted by molar-refractivity contribution is 0.0987. The van der Waals surface area contributed by atoms with Gasteiger partial charge in [-0.25, -0.2) is 9.37 Å². The Bertz CT molecular complexity index is 811. The Labute approximate surface area is 135 Å². The average Bonchev–Trinajstić information content (AvgIpc) is 3.18. The summed E-state index contributed by atoms with van der Waals surface area (Å²) in [6.07, 6.45) is 0. The second-order valence-corrected chi connectivity index (χ2v) is 5.56. The molecule has 0 aliphatic carbocycles. The highest BCUT2D eigenvalue weighted by Crippen LogP contribution is 2.25. The number of halogens is 1. The molecule has 0 bridgehead atoms. The molecule has 0 unspecified atom stereocenters. The highest BCUT2D eigenvalue weighted by atomic mass is 32.1. The van der Waals surface area contributed by atoms with Crippen molar-refractivity contribution in [2.24, 2.45) is 0 Å². The summed E-state index contributed by atoms with van der Waals surface area (Å²) in [5, 5.41) is 4.91. The van der Waals surface area contributed by atoms with Gasteiger partial charge < -0.3 is 9.15 Å². The van der Waals surface area contributed by atoms with Crippen LogP contribution in [0.15, 0.2) is 46.2 Å². The molecule has 23 heavy (non-hydrogen) atoms. The number of benzene rings is 1. The number of rotatable bonds is 5. The van der Waals surface area contributed by atoms with Crippen LogP contribution in [0.25, 0.3) is 11.3 Å². The molecular weight excluding hydrogens is 319 g/mol. The van der Waals surface area contributed by atoms with E-state index < -0.39 is 0 Å². The van der Waals surface area contributed by atoms with Crippen LogP contribution in [0.3, 0.4) is 0 Å². The third-order valence-corrected chi connectivity index (χ3v) is 3.79. The number of aromatic nitrogens is 1. The fourth-order valence-corrected chi connectivity index (χ4v) is 2.68. The van der Waals surface area contributed by atoms with E-state index in [9.17, 15) is 9.18 Å². The zero-order valence-corrected chi connectivity index (χ0v) is 13.0. The first-order chi connectivity index (χ1) is 11.2. The summed E-state index contributed by atoms with van der Waals surface area (Å²) in [5.41, 5.74) is 1.45. The van der Waals surface area contributed by atoms with Crippen molar-refractivity contribution >= 4 is 22.4 Å². The molecule has 0 saturated carbocycles. The molecule has 1 amide bonds. The van der Waals surface area contributed by atoms with Crippen molar-refractivity contribution in [2.75, 3.05) is 12.4 Å². The van der Waals surface area contributed by atoms with Gasteiger partial charge in [0.1, 0.15) is 18.2 Å². The molecule has 1 N–H and O–H groups in total. The van der Waals surface area contributed by atoms with Gasteiger partial charge in [-0.05, 0) is 36.4 Å². The van der Waals surface area contributed by atoms with Gasteiger partial charge in [-0.1, -0.05) is 0 Å². The predicted octanol–water partition coefficient (Wildman–Crippen LogP) is 3.94. The third-order valence-electron chi connectivity index (χ3n) is 3.04. The van der Waals surface area contributed by atoms with Crippen LogP contribution in [-0.2, 0) is 11.3 Å². The van der Waals surface area contributed by atoms with Crippen molar-refractivity contribution in [3.63, 3.8) is 0 Å². The van der Waals surface area contributed by atoms with Gasteiger partial charge in [0.15, 0.2) is 10.9 Å². The molecule has 0 radical (unpaired) electrons. The summed E-state index contributed by atoms with van der Waals surface area (Å²) in [6.45, 7) is 0.305. The Morgan fingerprint density at radius 3 is 2.83 bits per heavy atom. The van der Waals surface area contributed by atoms with Crippen LogP contribution in [-0.4, -0.2) is 18.0 Å². The second kappa shape index (κ2) is 6.72. The number of hydrogen-bond donors (Lipinski definition) is 1. The van der Waals surface area contributed by atoms with Crippen molar-refractivity contribution in [3.05, 3.63) is 59.1 Å². The number of nitrogens with zero attached hydrogens (tertiary/aromatic N) is 1. The van der Waals surface area contributed by atoms with Gasteiger partial charge in [-0.3, -0.25) is 10.1 Å². The standard InChI is InChI=1S/C16H13FN2O3S/c1-21-8-12-6-7-14(22-12)15(20)19-16-18-13(9-23-16)10-2-4-11(17)5-3-10/h2-7,9H,8H2,1H3,(H,18,19,20). The summed E-state index contributed by atoms with van der Waals surface area (Å²) in [5.74, 6) is 0.0777.